The van der Waals surface area contributed by atoms with E-state index < -0.39 is 0 Å². The largest absolute Gasteiger partial charge is 0.399 e. The Labute approximate surface area is 80.1 Å². The molecule has 0 radical (unpaired) electrons. The minimum Gasteiger partial charge on any atom is -0.399 e. The second-order valence-electron chi connectivity index (χ2n) is 3.58. The third-order valence-corrected chi connectivity index (χ3v) is 2.46. The molecule has 0 aromatic carbocycles. The lowest BCUT2D eigenvalue weighted by Gasteiger charge is -2.20. The van der Waals surface area contributed by atoms with Gasteiger partial charge in [-0.1, -0.05) is 11.7 Å². The van der Waals surface area contributed by atoms with E-state index in [2.05, 4.69) is 23.7 Å². The van der Waals surface area contributed by atoms with Gasteiger partial charge in [-0.25, -0.2) is 0 Å². The topological polar surface area (TPSA) is 24.8 Å². The van der Waals surface area contributed by atoms with Crippen LogP contribution in [0, 0.1) is 0 Å². The Morgan fingerprint density at radius 2 is 2.31 bits per heavy atom. The van der Waals surface area contributed by atoms with Gasteiger partial charge in [-0.15, -0.1) is 0 Å². The molecule has 3 nitrogen and oxygen atoms in total. The zero-order valence-electron chi connectivity index (χ0n) is 8.71. The fourth-order valence-corrected chi connectivity index (χ4v) is 1.78. The van der Waals surface area contributed by atoms with Crippen molar-refractivity contribution in [1.29, 1.82) is 0 Å². The van der Waals surface area contributed by atoms with Gasteiger partial charge in [-0.3, -0.25) is 4.90 Å². The minimum atomic E-state index is 0.400. The van der Waals surface area contributed by atoms with E-state index in [1.807, 2.05) is 6.92 Å². The van der Waals surface area contributed by atoms with Crippen molar-refractivity contribution in [2.45, 2.75) is 25.8 Å². The van der Waals surface area contributed by atoms with Gasteiger partial charge in [-0.2, -0.15) is 0 Å². The summed E-state index contributed by atoms with van der Waals surface area (Å²) in [4.78, 5) is 7.12. The van der Waals surface area contributed by atoms with Crippen molar-refractivity contribution in [2.24, 2.45) is 5.16 Å². The molecule has 3 heteroatoms. The molecule has 0 amide bonds. The number of rotatable bonds is 3. The molecular formula is C10H18N2O. The van der Waals surface area contributed by atoms with Crippen molar-refractivity contribution in [1.82, 2.24) is 4.90 Å². The van der Waals surface area contributed by atoms with Crippen molar-refractivity contribution in [3.05, 3.63) is 12.2 Å². The van der Waals surface area contributed by atoms with E-state index in [9.17, 15) is 0 Å². The summed E-state index contributed by atoms with van der Waals surface area (Å²) in [5.41, 5.74) is 1.99. The van der Waals surface area contributed by atoms with Crippen LogP contribution in [0.15, 0.2) is 17.3 Å². The summed E-state index contributed by atoms with van der Waals surface area (Å²) in [6, 6.07) is 0.400. The first-order chi connectivity index (χ1) is 6.16. The Morgan fingerprint density at radius 1 is 1.62 bits per heavy atom. The molecule has 1 atom stereocenters. The molecule has 0 aromatic rings. The summed E-state index contributed by atoms with van der Waals surface area (Å²) in [6.07, 6.45) is 2.39. The average molecular weight is 182 g/mol. The SMILES string of the molecule is C=C(C)/C(=N\OC)C1CCCN1C. The Kier molecular flexibility index (Phi) is 3.48. The highest BCUT2D eigenvalue weighted by molar-refractivity contribution is 6.02. The lowest BCUT2D eigenvalue weighted by molar-refractivity contribution is 0.209. The monoisotopic (exact) mass is 182 g/mol. The van der Waals surface area contributed by atoms with Gasteiger partial charge >= 0.3 is 0 Å². The van der Waals surface area contributed by atoms with E-state index in [1.165, 1.54) is 6.42 Å². The first-order valence-corrected chi connectivity index (χ1v) is 4.64. The third kappa shape index (κ3) is 2.31. The van der Waals surface area contributed by atoms with E-state index in [-0.39, 0.29) is 0 Å². The van der Waals surface area contributed by atoms with Crippen LogP contribution in [0.1, 0.15) is 19.8 Å². The van der Waals surface area contributed by atoms with Crippen LogP contribution in [0.25, 0.3) is 0 Å². The van der Waals surface area contributed by atoms with Crippen molar-refractivity contribution >= 4 is 5.71 Å². The lowest BCUT2D eigenvalue weighted by Crippen LogP contribution is -2.33. The van der Waals surface area contributed by atoms with Gasteiger partial charge in [0.25, 0.3) is 0 Å². The van der Waals surface area contributed by atoms with Crippen molar-refractivity contribution in [3.8, 4) is 0 Å². The van der Waals surface area contributed by atoms with E-state index in [1.54, 1.807) is 7.11 Å². The number of oxime groups is 1. The van der Waals surface area contributed by atoms with E-state index in [0.717, 1.165) is 24.3 Å². The smallest absolute Gasteiger partial charge is 0.106 e. The quantitative estimate of drug-likeness (QED) is 0.490. The Morgan fingerprint density at radius 3 is 2.69 bits per heavy atom. The maximum absolute atomic E-state index is 4.83. The normalized spacial score (nSPS) is 24.8. The van der Waals surface area contributed by atoms with E-state index >= 15 is 0 Å². The molecule has 13 heavy (non-hydrogen) atoms. The van der Waals surface area contributed by atoms with Gasteiger partial charge in [0.1, 0.15) is 7.11 Å². The first kappa shape index (κ1) is 10.3. The molecule has 0 aromatic heterocycles. The molecule has 1 rings (SSSR count). The van der Waals surface area contributed by atoms with Crippen LogP contribution in [0.3, 0.4) is 0 Å². The number of nitrogens with zero attached hydrogens (tertiary/aromatic N) is 2. The molecule has 0 saturated carbocycles. The fraction of sp³-hybridized carbons (Fsp3) is 0.700. The van der Waals surface area contributed by atoms with Crippen molar-refractivity contribution in [3.63, 3.8) is 0 Å². The van der Waals surface area contributed by atoms with Gasteiger partial charge in [0.05, 0.1) is 11.8 Å². The summed E-state index contributed by atoms with van der Waals surface area (Å²) >= 11 is 0. The molecule has 1 saturated heterocycles. The molecule has 0 spiro atoms. The van der Waals surface area contributed by atoms with Crippen LogP contribution in [0.4, 0.5) is 0 Å². The Hall–Kier alpha value is -0.830. The molecule has 0 N–H and O–H groups in total. The second-order valence-corrected chi connectivity index (χ2v) is 3.58. The van der Waals surface area contributed by atoms with Crippen LogP contribution in [0.2, 0.25) is 0 Å². The summed E-state index contributed by atoms with van der Waals surface area (Å²) in [5, 5.41) is 4.03. The van der Waals surface area contributed by atoms with E-state index in [4.69, 9.17) is 4.84 Å². The molecule has 1 fully saturated rings. The maximum Gasteiger partial charge on any atom is 0.106 e. The highest BCUT2D eigenvalue weighted by Gasteiger charge is 2.26. The summed E-state index contributed by atoms with van der Waals surface area (Å²) in [5.74, 6) is 0. The average Bonchev–Trinajstić information content (AvgIpc) is 2.47. The molecule has 74 valence electrons. The zero-order chi connectivity index (χ0) is 9.84. The van der Waals surface area contributed by atoms with Gasteiger partial charge in [-0.05, 0) is 38.9 Å². The highest BCUT2D eigenvalue weighted by Crippen LogP contribution is 2.19. The van der Waals surface area contributed by atoms with Crippen LogP contribution in [-0.2, 0) is 4.84 Å². The molecule has 1 heterocycles. The van der Waals surface area contributed by atoms with Gasteiger partial charge in [0.15, 0.2) is 0 Å². The Balaban J connectivity index is 2.75. The predicted molar refractivity (Wildman–Crippen MR) is 54.9 cm³/mol. The van der Waals surface area contributed by atoms with Gasteiger partial charge < -0.3 is 4.84 Å². The lowest BCUT2D eigenvalue weighted by atomic mass is 10.0. The number of likely N-dealkylation sites (tertiary alicyclic amines) is 1. The molecule has 1 unspecified atom stereocenters. The highest BCUT2D eigenvalue weighted by atomic mass is 16.6. The van der Waals surface area contributed by atoms with Crippen LogP contribution in [-0.4, -0.2) is 37.4 Å². The number of hydrogen-bond acceptors (Lipinski definition) is 3. The molecule has 1 aliphatic heterocycles. The Bertz CT molecular complexity index is 223. The summed E-state index contributed by atoms with van der Waals surface area (Å²) in [7, 11) is 3.70. The fourth-order valence-electron chi connectivity index (χ4n) is 1.78. The summed E-state index contributed by atoms with van der Waals surface area (Å²) < 4.78 is 0. The van der Waals surface area contributed by atoms with Gasteiger partial charge in [0, 0.05) is 0 Å². The van der Waals surface area contributed by atoms with Crippen LogP contribution >= 0.6 is 0 Å². The maximum atomic E-state index is 4.83. The zero-order valence-corrected chi connectivity index (χ0v) is 8.71. The molecule has 0 bridgehead atoms. The first-order valence-electron chi connectivity index (χ1n) is 4.64. The summed E-state index contributed by atoms with van der Waals surface area (Å²) in [6.45, 7) is 7.03. The van der Waals surface area contributed by atoms with Gasteiger partial charge in [0.2, 0.25) is 0 Å². The van der Waals surface area contributed by atoms with Crippen molar-refractivity contribution in [2.75, 3.05) is 20.7 Å². The third-order valence-electron chi connectivity index (χ3n) is 2.46. The predicted octanol–water partition coefficient (Wildman–Crippen LogP) is 1.66. The van der Waals surface area contributed by atoms with Crippen LogP contribution < -0.4 is 0 Å². The number of hydrogen-bond donors (Lipinski definition) is 0. The van der Waals surface area contributed by atoms with Crippen molar-refractivity contribution < 1.29 is 4.84 Å². The van der Waals surface area contributed by atoms with E-state index in [0.29, 0.717) is 6.04 Å². The standard InChI is InChI=1S/C10H18N2O/c1-8(2)10(11-13-4)9-6-5-7-12(9)3/h9H,1,5-7H2,2-4H3/b11-10+. The van der Waals surface area contributed by atoms with Crippen LogP contribution in [0.5, 0.6) is 0 Å². The molecule has 1 aliphatic rings. The molecular weight excluding hydrogens is 164 g/mol. The second kappa shape index (κ2) is 4.42. The minimum absolute atomic E-state index is 0.400. The molecule has 0 aliphatic carbocycles.